The first-order valence-corrected chi connectivity index (χ1v) is 12.8. The average molecular weight is 533 g/mol. The largest absolute Gasteiger partial charge is 0.496 e. The fourth-order valence-electron chi connectivity index (χ4n) is 3.48. The average Bonchev–Trinajstić information content (AvgIpc) is 2.95. The van der Waals surface area contributed by atoms with Gasteiger partial charge in [-0.3, -0.25) is 4.79 Å². The van der Waals surface area contributed by atoms with Crippen LogP contribution in [0.25, 0.3) is 0 Å². The molecule has 0 spiro atoms. The van der Waals surface area contributed by atoms with Crippen LogP contribution in [0.4, 0.5) is 0 Å². The Labute approximate surface area is 230 Å². The van der Waals surface area contributed by atoms with Crippen molar-refractivity contribution in [2.45, 2.75) is 39.5 Å². The molecule has 7 heteroatoms. The molecular weight excluding hydrogens is 496 g/mol. The summed E-state index contributed by atoms with van der Waals surface area (Å²) in [6.07, 6.45) is 5.51. The highest BCUT2D eigenvalue weighted by molar-refractivity contribution is 5.91. The Balaban J connectivity index is 0.000000446. The van der Waals surface area contributed by atoms with Gasteiger partial charge < -0.3 is 18.9 Å². The third-order valence-corrected chi connectivity index (χ3v) is 5.59. The predicted octanol–water partition coefficient (Wildman–Crippen LogP) is 6.70. The van der Waals surface area contributed by atoms with Crippen molar-refractivity contribution in [3.05, 3.63) is 102 Å². The number of hydrogen-bond donors (Lipinski definition) is 0. The summed E-state index contributed by atoms with van der Waals surface area (Å²) in [5.41, 5.74) is 3.40. The maximum atomic E-state index is 12.2. The number of benzene rings is 3. The van der Waals surface area contributed by atoms with Gasteiger partial charge in [-0.2, -0.15) is 0 Å². The van der Waals surface area contributed by atoms with Crippen molar-refractivity contribution in [3.8, 4) is 17.2 Å². The molecular formula is C32H36O7. The second-order valence-electron chi connectivity index (χ2n) is 8.71. The Bertz CT molecular complexity index is 1200. The lowest BCUT2D eigenvalue weighted by atomic mass is 10.1. The minimum atomic E-state index is -0.479. The van der Waals surface area contributed by atoms with E-state index in [-0.39, 0.29) is 0 Å². The number of carbonyl (C=O) groups is 3. The van der Waals surface area contributed by atoms with Gasteiger partial charge in [0.2, 0.25) is 0 Å². The van der Waals surface area contributed by atoms with Gasteiger partial charge in [-0.05, 0) is 99.7 Å². The summed E-state index contributed by atoms with van der Waals surface area (Å²) < 4.78 is 20.9. The smallest absolute Gasteiger partial charge is 0.343 e. The van der Waals surface area contributed by atoms with Crippen LogP contribution in [0.3, 0.4) is 0 Å². The molecule has 0 atom stereocenters. The summed E-state index contributed by atoms with van der Waals surface area (Å²) >= 11 is 0. The molecule has 0 saturated carbocycles. The van der Waals surface area contributed by atoms with E-state index in [9.17, 15) is 14.4 Å². The fourth-order valence-corrected chi connectivity index (χ4v) is 3.48. The minimum absolute atomic E-state index is 0.375. The van der Waals surface area contributed by atoms with Gasteiger partial charge in [0.1, 0.15) is 23.5 Å². The lowest BCUT2D eigenvalue weighted by Gasteiger charge is -2.08. The molecule has 206 valence electrons. The van der Waals surface area contributed by atoms with E-state index in [0.717, 1.165) is 43.8 Å². The molecule has 0 amide bonds. The number of ether oxygens (including phenoxy) is 4. The first-order valence-electron chi connectivity index (χ1n) is 12.8. The van der Waals surface area contributed by atoms with Gasteiger partial charge in [-0.25, -0.2) is 9.59 Å². The molecule has 0 heterocycles. The molecule has 3 aromatic rings. The van der Waals surface area contributed by atoms with Crippen molar-refractivity contribution in [2.75, 3.05) is 20.3 Å². The van der Waals surface area contributed by atoms with Gasteiger partial charge in [-0.15, -0.1) is 0 Å². The summed E-state index contributed by atoms with van der Waals surface area (Å²) in [7, 11) is 1.69. The fraction of sp³-hybridized carbons (Fsp3) is 0.281. The normalized spacial score (nSPS) is 9.92. The zero-order valence-electron chi connectivity index (χ0n) is 22.8. The number of hydrogen-bond acceptors (Lipinski definition) is 7. The number of esters is 2. The molecule has 0 unspecified atom stereocenters. The van der Waals surface area contributed by atoms with Crippen molar-refractivity contribution in [1.82, 2.24) is 0 Å². The van der Waals surface area contributed by atoms with Crippen molar-refractivity contribution >= 4 is 18.2 Å². The molecule has 7 nitrogen and oxygen atoms in total. The van der Waals surface area contributed by atoms with Crippen LogP contribution in [0.5, 0.6) is 17.2 Å². The van der Waals surface area contributed by atoms with Crippen LogP contribution in [0.2, 0.25) is 0 Å². The summed E-state index contributed by atoms with van der Waals surface area (Å²) in [6.45, 7) is 8.44. The number of aryl methyl sites for hydroxylation is 2. The van der Waals surface area contributed by atoms with Crippen molar-refractivity contribution in [2.24, 2.45) is 0 Å². The van der Waals surface area contributed by atoms with Crippen LogP contribution in [0.15, 0.2) is 79.4 Å². The van der Waals surface area contributed by atoms with E-state index >= 15 is 0 Å². The van der Waals surface area contributed by atoms with Crippen LogP contribution in [-0.2, 0) is 9.53 Å². The highest BCUT2D eigenvalue weighted by Gasteiger charge is 2.09. The van der Waals surface area contributed by atoms with E-state index in [1.807, 2.05) is 19.1 Å². The van der Waals surface area contributed by atoms with Gasteiger partial charge in [0.05, 0.1) is 25.9 Å². The van der Waals surface area contributed by atoms with Gasteiger partial charge in [0, 0.05) is 11.6 Å². The minimum Gasteiger partial charge on any atom is -0.496 e. The van der Waals surface area contributed by atoms with Crippen molar-refractivity contribution in [3.63, 3.8) is 0 Å². The molecule has 0 radical (unpaired) electrons. The quantitative estimate of drug-likeness (QED) is 0.0796. The predicted molar refractivity (Wildman–Crippen MR) is 151 cm³/mol. The zero-order chi connectivity index (χ0) is 28.5. The van der Waals surface area contributed by atoms with Crippen molar-refractivity contribution in [1.29, 1.82) is 0 Å². The molecule has 0 aromatic heterocycles. The molecule has 0 aliphatic rings. The third-order valence-electron chi connectivity index (χ3n) is 5.59. The summed E-state index contributed by atoms with van der Waals surface area (Å²) in [5.74, 6) is 1.15. The topological polar surface area (TPSA) is 88.1 Å². The molecule has 3 aromatic carbocycles. The number of carbonyl (C=O) groups excluding carboxylic acids is 3. The van der Waals surface area contributed by atoms with E-state index in [4.69, 9.17) is 18.9 Å². The van der Waals surface area contributed by atoms with Crippen LogP contribution < -0.4 is 14.2 Å². The van der Waals surface area contributed by atoms with E-state index < -0.39 is 11.9 Å². The molecule has 0 fully saturated rings. The molecule has 0 aliphatic carbocycles. The maximum absolute atomic E-state index is 12.2. The van der Waals surface area contributed by atoms with Crippen LogP contribution in [0, 0.1) is 13.8 Å². The number of aldehydes is 1. The first-order chi connectivity index (χ1) is 18.9. The lowest BCUT2D eigenvalue weighted by Crippen LogP contribution is -2.08. The zero-order valence-corrected chi connectivity index (χ0v) is 22.8. The van der Waals surface area contributed by atoms with E-state index in [0.29, 0.717) is 35.8 Å². The maximum Gasteiger partial charge on any atom is 0.343 e. The molecule has 39 heavy (non-hydrogen) atoms. The van der Waals surface area contributed by atoms with Gasteiger partial charge in [0.25, 0.3) is 0 Å². The first kappa shape index (κ1) is 30.8. The van der Waals surface area contributed by atoms with Crippen LogP contribution >= 0.6 is 0 Å². The summed E-state index contributed by atoms with van der Waals surface area (Å²) in [4.78, 5) is 33.7. The Morgan fingerprint density at radius 2 is 1.46 bits per heavy atom. The standard InChI is InChI=1S/C23H24O6.C9H12O/c1-2-22(25)28-16-6-4-3-5-15-27-20-13-9-19(10-14-20)23(26)29-21-11-7-18(17-24)8-12-21;1-7-4-5-9(10-3)8(2)6-7/h2,7-14,17H,1,3-6,15-16H2;4-6H,1-3H3. The van der Waals surface area contributed by atoms with Crippen molar-refractivity contribution < 1.29 is 33.3 Å². The van der Waals surface area contributed by atoms with Crippen LogP contribution in [-0.4, -0.2) is 38.5 Å². The third kappa shape index (κ3) is 11.7. The SMILES string of the molecule is C=CC(=O)OCCCCCCOc1ccc(C(=O)Oc2ccc(C=O)cc2)cc1.COc1ccc(C)cc1C. The molecule has 0 aliphatic heterocycles. The van der Waals surface area contributed by atoms with Gasteiger partial charge in [-0.1, -0.05) is 24.3 Å². The number of methoxy groups -OCH3 is 1. The molecule has 0 N–H and O–H groups in total. The van der Waals surface area contributed by atoms with Gasteiger partial charge >= 0.3 is 11.9 Å². The second kappa shape index (κ2) is 17.2. The molecule has 0 bridgehead atoms. The van der Waals surface area contributed by atoms with E-state index in [2.05, 4.69) is 19.6 Å². The Morgan fingerprint density at radius 1 is 0.821 bits per heavy atom. The summed E-state index contributed by atoms with van der Waals surface area (Å²) in [5, 5.41) is 0. The summed E-state index contributed by atoms with van der Waals surface area (Å²) in [6, 6.07) is 19.2. The highest BCUT2D eigenvalue weighted by Crippen LogP contribution is 2.18. The Kier molecular flexibility index (Phi) is 13.6. The highest BCUT2D eigenvalue weighted by atomic mass is 16.5. The van der Waals surface area contributed by atoms with Crippen LogP contribution in [0.1, 0.15) is 57.5 Å². The molecule has 0 saturated heterocycles. The Hall–Kier alpha value is -4.39. The monoisotopic (exact) mass is 532 g/mol. The van der Waals surface area contributed by atoms with Gasteiger partial charge in [0.15, 0.2) is 0 Å². The number of rotatable bonds is 13. The van der Waals surface area contributed by atoms with E-state index in [1.165, 1.54) is 11.1 Å². The number of unbranched alkanes of at least 4 members (excludes halogenated alkanes) is 3. The second-order valence-corrected chi connectivity index (χ2v) is 8.71. The molecule has 3 rings (SSSR count). The lowest BCUT2D eigenvalue weighted by molar-refractivity contribution is -0.137. The Morgan fingerprint density at radius 3 is 2.05 bits per heavy atom. The van der Waals surface area contributed by atoms with E-state index in [1.54, 1.807) is 55.6 Å².